The second kappa shape index (κ2) is 4.84. The smallest absolute Gasteiger partial charge is 0.362 e. The van der Waals surface area contributed by atoms with Crippen LogP contribution < -0.4 is 4.74 Å². The van der Waals surface area contributed by atoms with Crippen molar-refractivity contribution in [3.63, 3.8) is 0 Å². The largest absolute Gasteiger partial charge is 0.401 e. The summed E-state index contributed by atoms with van der Waals surface area (Å²) < 4.78 is 7.40. The minimum atomic E-state index is -0.532. The number of nitrogens with zero attached hydrogens (tertiary/aromatic N) is 3. The van der Waals surface area contributed by atoms with Crippen molar-refractivity contribution < 1.29 is 14.3 Å². The lowest BCUT2D eigenvalue weighted by Gasteiger charge is -2.39. The van der Waals surface area contributed by atoms with Crippen LogP contribution in [0.25, 0.3) is 4.96 Å². The Balaban J connectivity index is 1.39. The average molecular weight is 412 g/mol. The van der Waals surface area contributed by atoms with E-state index >= 15 is 0 Å². The van der Waals surface area contributed by atoms with Gasteiger partial charge < -0.3 is 4.74 Å². The molecule has 1 amide bonds. The van der Waals surface area contributed by atoms with Crippen LogP contribution in [-0.4, -0.2) is 36.4 Å². The number of ether oxygens (including phenoxy) is 1. The van der Waals surface area contributed by atoms with Gasteiger partial charge in [0.1, 0.15) is 15.9 Å². The molecule has 1 aliphatic carbocycles. The topological polar surface area (TPSA) is 63.9 Å². The fraction of sp³-hybridized carbons (Fsp3) is 0.357. The molecule has 0 aromatic carbocycles. The summed E-state index contributed by atoms with van der Waals surface area (Å²) in [6.45, 7) is 0. The van der Waals surface area contributed by atoms with Crippen LogP contribution >= 0.6 is 39.0 Å². The van der Waals surface area contributed by atoms with Crippen LogP contribution in [0.1, 0.15) is 17.0 Å². The average Bonchev–Trinajstić information content (AvgIpc) is 3.25. The summed E-state index contributed by atoms with van der Waals surface area (Å²) in [7, 11) is 0. The van der Waals surface area contributed by atoms with Gasteiger partial charge in [0.2, 0.25) is 11.8 Å². The molecule has 2 aromatic heterocycles. The summed E-state index contributed by atoms with van der Waals surface area (Å²) in [6.07, 6.45) is 5.08. The fourth-order valence-corrected chi connectivity index (χ4v) is 6.22. The number of carbonyl (C=O) groups excluding carboxylic acids is 2. The predicted molar refractivity (Wildman–Crippen MR) is 89.8 cm³/mol. The van der Waals surface area contributed by atoms with E-state index in [4.69, 9.17) is 4.74 Å². The van der Waals surface area contributed by atoms with E-state index in [0.717, 1.165) is 17.8 Å². The third-order valence-corrected chi connectivity index (χ3v) is 7.78. The van der Waals surface area contributed by atoms with Crippen molar-refractivity contribution in [3.8, 4) is 5.88 Å². The Morgan fingerprint density at radius 1 is 1.43 bits per heavy atom. The Hall–Kier alpha value is -1.32. The van der Waals surface area contributed by atoms with Crippen molar-refractivity contribution in [2.45, 2.75) is 29.5 Å². The lowest BCUT2D eigenvalue weighted by Crippen LogP contribution is -2.58. The van der Waals surface area contributed by atoms with Gasteiger partial charge in [-0.2, -0.15) is 4.98 Å². The van der Waals surface area contributed by atoms with Crippen LogP contribution in [0, 0.1) is 0 Å². The molecule has 6 nitrogen and oxygen atoms in total. The lowest BCUT2D eigenvalue weighted by molar-refractivity contribution is -0.143. The number of alkyl halides is 1. The van der Waals surface area contributed by atoms with Gasteiger partial charge in [0.05, 0.1) is 6.20 Å². The number of rotatable bonds is 2. The van der Waals surface area contributed by atoms with Gasteiger partial charge in [-0.15, -0.1) is 23.1 Å². The predicted octanol–water partition coefficient (Wildman–Crippen LogP) is 2.31. The Bertz CT molecular complexity index is 903. The molecule has 0 saturated carbocycles. The van der Waals surface area contributed by atoms with Crippen molar-refractivity contribution in [3.05, 3.63) is 27.9 Å². The van der Waals surface area contributed by atoms with E-state index in [2.05, 4.69) is 20.9 Å². The summed E-state index contributed by atoms with van der Waals surface area (Å²) in [5.41, 5.74) is 1.57. The van der Waals surface area contributed by atoms with Crippen molar-refractivity contribution in [1.82, 2.24) is 14.3 Å². The molecule has 3 aliphatic rings. The minimum absolute atomic E-state index is 0.0428. The Morgan fingerprint density at radius 3 is 3.17 bits per heavy atom. The zero-order valence-electron chi connectivity index (χ0n) is 11.7. The molecule has 23 heavy (non-hydrogen) atoms. The van der Waals surface area contributed by atoms with Crippen molar-refractivity contribution in [2.75, 3.05) is 0 Å². The van der Waals surface area contributed by atoms with Crippen LogP contribution in [-0.2, 0) is 22.4 Å². The fourth-order valence-electron chi connectivity index (χ4n) is 3.13. The molecular weight excluding hydrogens is 402 g/mol. The van der Waals surface area contributed by atoms with Gasteiger partial charge in [0.15, 0.2) is 4.96 Å². The van der Waals surface area contributed by atoms with Gasteiger partial charge in [0, 0.05) is 16.0 Å². The van der Waals surface area contributed by atoms with E-state index in [0.29, 0.717) is 5.70 Å². The Labute approximate surface area is 147 Å². The number of hydrogen-bond donors (Lipinski definition) is 0. The van der Waals surface area contributed by atoms with Crippen LogP contribution in [0.5, 0.6) is 5.88 Å². The first-order valence-electron chi connectivity index (χ1n) is 7.18. The number of esters is 1. The Morgan fingerprint density at radius 2 is 2.30 bits per heavy atom. The zero-order valence-corrected chi connectivity index (χ0v) is 14.9. The molecule has 0 N–H and O–H groups in total. The van der Waals surface area contributed by atoms with E-state index < -0.39 is 5.97 Å². The van der Waals surface area contributed by atoms with Gasteiger partial charge >= 0.3 is 5.97 Å². The summed E-state index contributed by atoms with van der Waals surface area (Å²) in [5, 5.41) is 1.64. The van der Waals surface area contributed by atoms with Gasteiger partial charge in [0.25, 0.3) is 0 Å². The summed E-state index contributed by atoms with van der Waals surface area (Å²) in [4.78, 5) is 32.0. The minimum Gasteiger partial charge on any atom is -0.401 e. The highest BCUT2D eigenvalue weighted by Gasteiger charge is 2.52. The number of imidazole rings is 1. The second-order valence-corrected chi connectivity index (χ2v) is 8.63. The number of thioether (sulfide) groups is 1. The maximum absolute atomic E-state index is 12.3. The molecule has 2 aliphatic heterocycles. The number of hydrogen-bond acceptors (Lipinski definition) is 6. The third-order valence-electron chi connectivity index (χ3n) is 4.26. The number of aromatic nitrogens is 2. The highest BCUT2D eigenvalue weighted by Crippen LogP contribution is 2.44. The van der Waals surface area contributed by atoms with Crippen LogP contribution in [0.2, 0.25) is 0 Å². The first-order valence-corrected chi connectivity index (χ1v) is 9.85. The maximum Gasteiger partial charge on any atom is 0.362 e. The molecule has 2 aromatic rings. The highest BCUT2D eigenvalue weighted by atomic mass is 79.9. The molecule has 1 fully saturated rings. The van der Waals surface area contributed by atoms with E-state index in [9.17, 15) is 9.59 Å². The SMILES string of the molecule is O=C(Oc1cn2c3c(sc2n1)CCC3)C1=CSC2C(Br)C(=O)N12. The Kier molecular flexibility index (Phi) is 2.96. The first kappa shape index (κ1) is 14.1. The number of β-lactam (4-membered cyclic amide) rings is 1. The van der Waals surface area contributed by atoms with Crippen molar-refractivity contribution >= 4 is 55.9 Å². The van der Waals surface area contributed by atoms with Crippen molar-refractivity contribution in [2.24, 2.45) is 0 Å². The summed E-state index contributed by atoms with van der Waals surface area (Å²) in [5.74, 6) is -0.351. The molecule has 2 unspecified atom stereocenters. The number of thiazole rings is 1. The molecule has 1 saturated heterocycles. The number of aryl methyl sites for hydroxylation is 2. The molecular formula is C14H10BrN3O3S2. The molecule has 0 spiro atoms. The summed E-state index contributed by atoms with van der Waals surface area (Å²) >= 11 is 6.41. The molecule has 9 heteroatoms. The number of amides is 1. The van der Waals surface area contributed by atoms with E-state index in [1.807, 2.05) is 4.40 Å². The standard InChI is InChI=1S/C14H10BrN3O3S2/c15-10-11(19)18-7(5-22-12(10)18)13(20)21-9-4-17-6-2-1-3-8(6)23-14(17)16-9/h4-5,10,12H,1-3H2. The number of fused-ring (bicyclic) bond motifs is 4. The number of carbonyl (C=O) groups is 2. The van der Waals surface area contributed by atoms with Crippen LogP contribution in [0.4, 0.5) is 0 Å². The van der Waals surface area contributed by atoms with Gasteiger partial charge in [-0.25, -0.2) is 4.79 Å². The van der Waals surface area contributed by atoms with Gasteiger partial charge in [-0.3, -0.25) is 14.1 Å². The molecule has 0 radical (unpaired) electrons. The molecule has 0 bridgehead atoms. The number of halogens is 1. The third kappa shape index (κ3) is 1.90. The van der Waals surface area contributed by atoms with Crippen LogP contribution in [0.3, 0.4) is 0 Å². The summed E-state index contributed by atoms with van der Waals surface area (Å²) in [6, 6.07) is 0. The normalized spacial score (nSPS) is 25.3. The van der Waals surface area contributed by atoms with E-state index in [1.54, 1.807) is 22.9 Å². The first-order chi connectivity index (χ1) is 11.1. The molecule has 118 valence electrons. The van der Waals surface area contributed by atoms with E-state index in [1.165, 1.54) is 33.7 Å². The van der Waals surface area contributed by atoms with Gasteiger partial charge in [-0.1, -0.05) is 15.9 Å². The molecule has 2 atom stereocenters. The second-order valence-electron chi connectivity index (χ2n) is 5.59. The van der Waals surface area contributed by atoms with Crippen LogP contribution in [0.15, 0.2) is 17.3 Å². The molecule has 4 heterocycles. The van der Waals surface area contributed by atoms with E-state index in [-0.39, 0.29) is 22.0 Å². The monoisotopic (exact) mass is 411 g/mol. The zero-order chi connectivity index (χ0) is 15.7. The highest BCUT2D eigenvalue weighted by molar-refractivity contribution is 9.10. The van der Waals surface area contributed by atoms with Crippen molar-refractivity contribution in [1.29, 1.82) is 0 Å². The quantitative estimate of drug-likeness (QED) is 0.431. The maximum atomic E-state index is 12.3. The molecule has 5 rings (SSSR count). The lowest BCUT2D eigenvalue weighted by atomic mass is 10.2. The van der Waals surface area contributed by atoms with Gasteiger partial charge in [-0.05, 0) is 19.3 Å².